The van der Waals surface area contributed by atoms with E-state index in [-0.39, 0.29) is 62.5 Å². The summed E-state index contributed by atoms with van der Waals surface area (Å²) in [6.07, 6.45) is -0.411. The average Bonchev–Trinajstić information content (AvgIpc) is 2.55. The number of benzene rings is 1. The van der Waals surface area contributed by atoms with Crippen molar-refractivity contribution in [3.05, 3.63) is 29.3 Å². The number of carbonyl (C=O) groups excluding carboxylic acids is 2. The second kappa shape index (κ2) is 6.12. The Morgan fingerprint density at radius 2 is 1.77 bits per heavy atom. The van der Waals surface area contributed by atoms with Crippen molar-refractivity contribution >= 4 is 23.6 Å². The molecule has 3 amide bonds. The predicted octanol–water partition coefficient (Wildman–Crippen LogP) is 2.30. The molecule has 2 aliphatic heterocycles. The topological polar surface area (TPSA) is 90.0 Å². The van der Waals surface area contributed by atoms with E-state index in [9.17, 15) is 32.7 Å². The van der Waals surface area contributed by atoms with Gasteiger partial charge in [0.2, 0.25) is 11.8 Å². The minimum atomic E-state index is -1.23. The van der Waals surface area contributed by atoms with Gasteiger partial charge in [-0.15, -0.1) is 0 Å². The molecule has 5 fully saturated rings. The number of piperidine rings is 1. The molecule has 7 nitrogen and oxygen atoms in total. The number of carboxylic acid groups (broad SMARTS) is 1. The van der Waals surface area contributed by atoms with Crippen LogP contribution in [0, 0.1) is 11.6 Å². The summed E-state index contributed by atoms with van der Waals surface area (Å²) in [6, 6.07) is 1.88. The smallest absolute Gasteiger partial charge is 0.408 e. The van der Waals surface area contributed by atoms with Crippen molar-refractivity contribution in [2.45, 2.75) is 55.3 Å². The Labute approximate surface area is 169 Å². The van der Waals surface area contributed by atoms with Crippen molar-refractivity contribution in [3.8, 4) is 0 Å². The van der Waals surface area contributed by atoms with E-state index < -0.39 is 46.7 Å². The van der Waals surface area contributed by atoms with Gasteiger partial charge in [0.1, 0.15) is 17.3 Å². The fraction of sp³-hybridized carbons (Fsp3) is 0.550. The SMILES string of the molecule is O=C1CCC(c2c(F)cc(N3CC(N(C(=O)O)C45CC(F)(C4)C5)C3)cc2F)C(=O)N1. The van der Waals surface area contributed by atoms with Crippen molar-refractivity contribution in [1.82, 2.24) is 10.2 Å². The van der Waals surface area contributed by atoms with Crippen molar-refractivity contribution in [2.75, 3.05) is 18.0 Å². The number of nitrogens with one attached hydrogen (secondary N) is 1. The zero-order valence-electron chi connectivity index (χ0n) is 16.0. The number of imide groups is 1. The summed E-state index contributed by atoms with van der Waals surface area (Å²) in [4.78, 5) is 37.9. The third-order valence-corrected chi connectivity index (χ3v) is 6.90. The van der Waals surface area contributed by atoms with Gasteiger partial charge >= 0.3 is 6.09 Å². The van der Waals surface area contributed by atoms with Gasteiger partial charge in [0.15, 0.2) is 0 Å². The number of hydrogen-bond donors (Lipinski definition) is 2. The number of alkyl halides is 1. The van der Waals surface area contributed by atoms with Crippen LogP contribution in [-0.4, -0.2) is 58.3 Å². The molecule has 1 unspecified atom stereocenters. The van der Waals surface area contributed by atoms with E-state index in [1.807, 2.05) is 0 Å². The second-order valence-corrected chi connectivity index (χ2v) is 8.94. The van der Waals surface area contributed by atoms with E-state index in [4.69, 9.17) is 0 Å². The molecular formula is C20H20F3N3O4. The second-order valence-electron chi connectivity index (χ2n) is 8.94. The molecular weight excluding hydrogens is 403 g/mol. The molecule has 2 saturated heterocycles. The van der Waals surface area contributed by atoms with E-state index in [0.717, 1.165) is 12.1 Å². The third-order valence-electron chi connectivity index (χ3n) is 6.90. The van der Waals surface area contributed by atoms with Gasteiger partial charge in [0.05, 0.1) is 17.5 Å². The van der Waals surface area contributed by atoms with Gasteiger partial charge < -0.3 is 10.0 Å². The third kappa shape index (κ3) is 2.69. The van der Waals surface area contributed by atoms with E-state index in [1.165, 1.54) is 4.90 Å². The van der Waals surface area contributed by atoms with Crippen LogP contribution < -0.4 is 10.2 Å². The van der Waals surface area contributed by atoms with Gasteiger partial charge in [-0.05, 0) is 18.6 Å². The minimum absolute atomic E-state index is 0.0117. The van der Waals surface area contributed by atoms with Crippen molar-refractivity contribution in [2.24, 2.45) is 0 Å². The Balaban J connectivity index is 1.30. The Morgan fingerprint density at radius 3 is 2.27 bits per heavy atom. The Kier molecular flexibility index (Phi) is 3.91. The molecule has 0 spiro atoms. The molecule has 5 aliphatic rings. The molecule has 0 aromatic heterocycles. The van der Waals surface area contributed by atoms with Crippen LogP contribution in [0.25, 0.3) is 0 Å². The van der Waals surface area contributed by atoms with Crippen LogP contribution in [0.4, 0.5) is 23.7 Å². The highest BCUT2D eigenvalue weighted by molar-refractivity contribution is 6.01. The lowest BCUT2D eigenvalue weighted by molar-refractivity contribution is -0.225. The van der Waals surface area contributed by atoms with Crippen LogP contribution >= 0.6 is 0 Å². The summed E-state index contributed by atoms with van der Waals surface area (Å²) < 4.78 is 43.2. The lowest BCUT2D eigenvalue weighted by Gasteiger charge is -2.71. The van der Waals surface area contributed by atoms with Gasteiger partial charge in [-0.2, -0.15) is 0 Å². The molecule has 0 radical (unpaired) electrons. The summed E-state index contributed by atoms with van der Waals surface area (Å²) in [5.41, 5.74) is -1.98. The van der Waals surface area contributed by atoms with E-state index >= 15 is 0 Å². The lowest BCUT2D eigenvalue weighted by atomic mass is 9.46. The molecule has 3 saturated carbocycles. The van der Waals surface area contributed by atoms with Crippen molar-refractivity contribution in [3.63, 3.8) is 0 Å². The highest BCUT2D eigenvalue weighted by Crippen LogP contribution is 2.66. The van der Waals surface area contributed by atoms with Gasteiger partial charge in [-0.3, -0.25) is 19.8 Å². The summed E-state index contributed by atoms with van der Waals surface area (Å²) in [5, 5.41) is 11.7. The van der Waals surface area contributed by atoms with Gasteiger partial charge in [0.25, 0.3) is 0 Å². The molecule has 6 rings (SSSR count). The van der Waals surface area contributed by atoms with Crippen LogP contribution in [0.1, 0.15) is 43.6 Å². The van der Waals surface area contributed by atoms with Crippen molar-refractivity contribution < 1.29 is 32.7 Å². The fourth-order valence-corrected chi connectivity index (χ4v) is 5.50. The zero-order chi connectivity index (χ0) is 21.4. The first-order valence-electron chi connectivity index (χ1n) is 9.90. The highest BCUT2D eigenvalue weighted by atomic mass is 19.1. The maximum Gasteiger partial charge on any atom is 0.408 e. The largest absolute Gasteiger partial charge is 0.465 e. The molecule has 30 heavy (non-hydrogen) atoms. The van der Waals surface area contributed by atoms with Crippen LogP contribution in [-0.2, 0) is 9.59 Å². The van der Waals surface area contributed by atoms with Crippen LogP contribution in [0.15, 0.2) is 12.1 Å². The first-order chi connectivity index (χ1) is 14.1. The molecule has 1 atom stereocenters. The summed E-state index contributed by atoms with van der Waals surface area (Å²) >= 11 is 0. The normalized spacial score (nSPS) is 32.6. The molecule has 3 aliphatic carbocycles. The maximum absolute atomic E-state index is 14.7. The fourth-order valence-electron chi connectivity index (χ4n) is 5.50. The molecule has 2 bridgehead atoms. The summed E-state index contributed by atoms with van der Waals surface area (Å²) in [5.74, 6) is -4.01. The molecule has 160 valence electrons. The predicted molar refractivity (Wildman–Crippen MR) is 97.8 cm³/mol. The first-order valence-corrected chi connectivity index (χ1v) is 9.90. The standard InChI is InChI=1S/C20H20F3N3O4/c21-13-3-10(4-14(22)16(13)12-1-2-15(27)24-17(12)28)25-5-11(6-25)26(18(29)30)20-7-19(23,8-20)9-20/h3-4,11-12H,1-2,5-9H2,(H,29,30)(H,24,27,28). The Bertz CT molecular complexity index is 935. The van der Waals surface area contributed by atoms with E-state index in [2.05, 4.69) is 5.32 Å². The molecule has 2 heterocycles. The lowest BCUT2D eigenvalue weighted by Crippen LogP contribution is -2.81. The molecule has 1 aromatic rings. The first kappa shape index (κ1) is 19.2. The molecule has 10 heteroatoms. The van der Waals surface area contributed by atoms with Crippen LogP contribution in [0.5, 0.6) is 0 Å². The van der Waals surface area contributed by atoms with Crippen molar-refractivity contribution in [1.29, 1.82) is 0 Å². The number of carbonyl (C=O) groups is 3. The van der Waals surface area contributed by atoms with E-state index in [1.54, 1.807) is 4.90 Å². The summed E-state index contributed by atoms with van der Waals surface area (Å²) in [7, 11) is 0. The summed E-state index contributed by atoms with van der Waals surface area (Å²) in [6.45, 7) is 0.508. The Hall–Kier alpha value is -2.78. The molecule has 1 aromatic carbocycles. The number of nitrogens with zero attached hydrogens (tertiary/aromatic N) is 2. The van der Waals surface area contributed by atoms with E-state index in [0.29, 0.717) is 0 Å². The highest BCUT2D eigenvalue weighted by Gasteiger charge is 2.74. The number of amides is 3. The quantitative estimate of drug-likeness (QED) is 0.726. The van der Waals surface area contributed by atoms with Gasteiger partial charge in [0, 0.05) is 50.0 Å². The average molecular weight is 423 g/mol. The number of anilines is 1. The number of hydrogen-bond acceptors (Lipinski definition) is 4. The Morgan fingerprint density at radius 1 is 1.17 bits per heavy atom. The number of halogens is 3. The minimum Gasteiger partial charge on any atom is -0.465 e. The van der Waals surface area contributed by atoms with Gasteiger partial charge in [-0.25, -0.2) is 18.0 Å². The van der Waals surface area contributed by atoms with Crippen LogP contribution in [0.3, 0.4) is 0 Å². The monoisotopic (exact) mass is 423 g/mol. The molecule has 2 N–H and O–H groups in total. The number of rotatable bonds is 4. The van der Waals surface area contributed by atoms with Crippen LogP contribution in [0.2, 0.25) is 0 Å². The zero-order valence-corrected chi connectivity index (χ0v) is 16.0. The maximum atomic E-state index is 14.7. The van der Waals surface area contributed by atoms with Gasteiger partial charge in [-0.1, -0.05) is 0 Å².